The van der Waals surface area contributed by atoms with Gasteiger partial charge in [-0.3, -0.25) is 4.79 Å². The highest BCUT2D eigenvalue weighted by molar-refractivity contribution is 6.32. The number of nitrogens with one attached hydrogen (secondary N) is 1. The maximum Gasteiger partial charge on any atom is 0.343 e. The molecule has 1 heterocycles. The number of ether oxygens (including phenoxy) is 2. The average Bonchev–Trinajstić information content (AvgIpc) is 3.02. The van der Waals surface area contributed by atoms with Gasteiger partial charge < -0.3 is 14.8 Å². The second-order valence-electron chi connectivity index (χ2n) is 7.63. The standard InChI is InChI=1S/C24H26ClN3O4/c1-14-6-9-18(10-7-14)13-28-22(25)21(16(3)27-28)24(30)32-17(4)23(29)26-19-12-15(2)8-11-20(19)31-5/h6-12,17H,13H2,1-5H3,(H,26,29). The molecule has 0 spiro atoms. The van der Waals surface area contributed by atoms with Gasteiger partial charge in [-0.15, -0.1) is 0 Å². The number of aromatic nitrogens is 2. The Labute approximate surface area is 192 Å². The molecule has 3 rings (SSSR count). The summed E-state index contributed by atoms with van der Waals surface area (Å²) in [5.74, 6) is -0.677. The van der Waals surface area contributed by atoms with Crippen LogP contribution >= 0.6 is 11.6 Å². The summed E-state index contributed by atoms with van der Waals surface area (Å²) in [6, 6.07) is 13.4. The Morgan fingerprint density at radius 1 is 1.09 bits per heavy atom. The molecule has 7 nitrogen and oxygen atoms in total. The van der Waals surface area contributed by atoms with Crippen molar-refractivity contribution in [1.29, 1.82) is 0 Å². The number of anilines is 1. The van der Waals surface area contributed by atoms with Crippen molar-refractivity contribution in [2.75, 3.05) is 12.4 Å². The Morgan fingerprint density at radius 2 is 1.75 bits per heavy atom. The van der Waals surface area contributed by atoms with Crippen LogP contribution in [0, 0.1) is 20.8 Å². The molecule has 0 aliphatic heterocycles. The number of methoxy groups -OCH3 is 1. The second-order valence-corrected chi connectivity index (χ2v) is 7.99. The predicted molar refractivity (Wildman–Crippen MR) is 123 cm³/mol. The van der Waals surface area contributed by atoms with Gasteiger partial charge in [0.2, 0.25) is 0 Å². The number of benzene rings is 2. The van der Waals surface area contributed by atoms with Gasteiger partial charge in [0.25, 0.3) is 5.91 Å². The monoisotopic (exact) mass is 455 g/mol. The van der Waals surface area contributed by atoms with E-state index in [1.54, 1.807) is 23.7 Å². The van der Waals surface area contributed by atoms with Crippen molar-refractivity contribution in [2.24, 2.45) is 0 Å². The van der Waals surface area contributed by atoms with Crippen LogP contribution in [0.3, 0.4) is 0 Å². The molecule has 32 heavy (non-hydrogen) atoms. The molecule has 0 fully saturated rings. The molecular formula is C24H26ClN3O4. The molecule has 168 valence electrons. The molecule has 0 radical (unpaired) electrons. The third-order valence-electron chi connectivity index (χ3n) is 4.99. The van der Waals surface area contributed by atoms with Gasteiger partial charge in [-0.05, 0) is 51.0 Å². The molecule has 1 amide bonds. The predicted octanol–water partition coefficient (Wildman–Crippen LogP) is 4.70. The Morgan fingerprint density at radius 3 is 2.41 bits per heavy atom. The molecular weight excluding hydrogens is 430 g/mol. The van der Waals surface area contributed by atoms with Crippen LogP contribution in [0.4, 0.5) is 5.69 Å². The van der Waals surface area contributed by atoms with Crippen LogP contribution in [0.25, 0.3) is 0 Å². The molecule has 2 aromatic carbocycles. The van der Waals surface area contributed by atoms with Crippen molar-refractivity contribution in [3.63, 3.8) is 0 Å². The molecule has 3 aromatic rings. The summed E-state index contributed by atoms with van der Waals surface area (Å²) in [6.45, 7) is 7.50. The first-order valence-electron chi connectivity index (χ1n) is 10.1. The van der Waals surface area contributed by atoms with E-state index in [1.165, 1.54) is 14.0 Å². The van der Waals surface area contributed by atoms with Crippen LogP contribution in [0.5, 0.6) is 5.75 Å². The summed E-state index contributed by atoms with van der Waals surface area (Å²) in [5.41, 5.74) is 4.18. The van der Waals surface area contributed by atoms with E-state index < -0.39 is 18.0 Å². The zero-order chi connectivity index (χ0) is 23.4. The fourth-order valence-corrected chi connectivity index (χ4v) is 3.49. The van der Waals surface area contributed by atoms with Crippen LogP contribution in [-0.4, -0.2) is 34.9 Å². The first kappa shape index (κ1) is 23.3. The number of hydrogen-bond donors (Lipinski definition) is 1. The van der Waals surface area contributed by atoms with Gasteiger partial charge >= 0.3 is 5.97 Å². The smallest absolute Gasteiger partial charge is 0.343 e. The number of halogens is 1. The average molecular weight is 456 g/mol. The van der Waals surface area contributed by atoms with Crippen LogP contribution < -0.4 is 10.1 Å². The molecule has 1 unspecified atom stereocenters. The molecule has 0 bridgehead atoms. The molecule has 0 saturated heterocycles. The van der Waals surface area contributed by atoms with E-state index in [-0.39, 0.29) is 10.7 Å². The minimum absolute atomic E-state index is 0.145. The van der Waals surface area contributed by atoms with E-state index >= 15 is 0 Å². The third-order valence-corrected chi connectivity index (χ3v) is 5.37. The van der Waals surface area contributed by atoms with Crippen molar-refractivity contribution in [1.82, 2.24) is 9.78 Å². The first-order chi connectivity index (χ1) is 15.2. The fourth-order valence-electron chi connectivity index (χ4n) is 3.18. The number of carbonyl (C=O) groups excluding carboxylic acids is 2. The normalized spacial score (nSPS) is 11.7. The number of hydrogen-bond acceptors (Lipinski definition) is 5. The van der Waals surface area contributed by atoms with E-state index in [9.17, 15) is 9.59 Å². The van der Waals surface area contributed by atoms with Gasteiger partial charge in [-0.2, -0.15) is 5.10 Å². The lowest BCUT2D eigenvalue weighted by Crippen LogP contribution is -2.30. The van der Waals surface area contributed by atoms with Crippen molar-refractivity contribution in [3.05, 3.63) is 75.6 Å². The highest BCUT2D eigenvalue weighted by Gasteiger charge is 2.26. The molecule has 1 N–H and O–H groups in total. The summed E-state index contributed by atoms with van der Waals surface area (Å²) >= 11 is 6.44. The Bertz CT molecular complexity index is 1140. The topological polar surface area (TPSA) is 82.4 Å². The van der Waals surface area contributed by atoms with Gasteiger partial charge in [-0.25, -0.2) is 9.48 Å². The fraction of sp³-hybridized carbons (Fsp3) is 0.292. The lowest BCUT2D eigenvalue weighted by atomic mass is 10.1. The van der Waals surface area contributed by atoms with Crippen LogP contribution in [0.15, 0.2) is 42.5 Å². The Balaban J connectivity index is 1.71. The van der Waals surface area contributed by atoms with Crippen molar-refractivity contribution < 1.29 is 19.1 Å². The number of carbonyl (C=O) groups is 2. The summed E-state index contributed by atoms with van der Waals surface area (Å²) in [7, 11) is 1.52. The van der Waals surface area contributed by atoms with E-state index in [4.69, 9.17) is 21.1 Å². The van der Waals surface area contributed by atoms with Crippen molar-refractivity contribution in [2.45, 2.75) is 40.3 Å². The summed E-state index contributed by atoms with van der Waals surface area (Å²) < 4.78 is 12.2. The number of amides is 1. The van der Waals surface area contributed by atoms with E-state index in [2.05, 4.69) is 10.4 Å². The maximum atomic E-state index is 12.8. The number of nitrogens with zero attached hydrogens (tertiary/aromatic N) is 2. The minimum Gasteiger partial charge on any atom is -0.495 e. The number of rotatable bonds is 7. The first-order valence-corrected chi connectivity index (χ1v) is 10.5. The lowest BCUT2D eigenvalue weighted by molar-refractivity contribution is -0.123. The largest absolute Gasteiger partial charge is 0.495 e. The number of aryl methyl sites for hydroxylation is 3. The van der Waals surface area contributed by atoms with Crippen LogP contribution in [0.2, 0.25) is 5.15 Å². The Kier molecular flexibility index (Phi) is 7.20. The second kappa shape index (κ2) is 9.87. The molecule has 1 atom stereocenters. The van der Waals surface area contributed by atoms with Crippen molar-refractivity contribution >= 4 is 29.2 Å². The van der Waals surface area contributed by atoms with Gasteiger partial charge in [0.05, 0.1) is 25.0 Å². The van der Waals surface area contributed by atoms with E-state index in [0.29, 0.717) is 23.7 Å². The van der Waals surface area contributed by atoms with Gasteiger partial charge in [0.1, 0.15) is 16.5 Å². The van der Waals surface area contributed by atoms with Gasteiger partial charge in [0.15, 0.2) is 6.10 Å². The SMILES string of the molecule is COc1ccc(C)cc1NC(=O)C(C)OC(=O)c1c(C)nn(Cc2ccc(C)cc2)c1Cl. The summed E-state index contributed by atoms with van der Waals surface area (Å²) in [4.78, 5) is 25.4. The Hall–Kier alpha value is -3.32. The zero-order valence-corrected chi connectivity index (χ0v) is 19.5. The minimum atomic E-state index is -1.05. The summed E-state index contributed by atoms with van der Waals surface area (Å²) in [5, 5.41) is 7.27. The van der Waals surface area contributed by atoms with E-state index in [1.807, 2.05) is 44.2 Å². The highest BCUT2D eigenvalue weighted by Crippen LogP contribution is 2.26. The van der Waals surface area contributed by atoms with Gasteiger partial charge in [0, 0.05) is 0 Å². The van der Waals surface area contributed by atoms with Crippen molar-refractivity contribution in [3.8, 4) is 5.75 Å². The molecule has 1 aromatic heterocycles. The lowest BCUT2D eigenvalue weighted by Gasteiger charge is -2.15. The summed E-state index contributed by atoms with van der Waals surface area (Å²) in [6.07, 6.45) is -1.05. The molecule has 0 aliphatic rings. The van der Waals surface area contributed by atoms with Crippen LogP contribution in [-0.2, 0) is 16.1 Å². The zero-order valence-electron chi connectivity index (χ0n) is 18.7. The third kappa shape index (κ3) is 5.29. The molecule has 0 saturated carbocycles. The van der Waals surface area contributed by atoms with E-state index in [0.717, 1.165) is 16.7 Å². The van der Waals surface area contributed by atoms with Crippen LogP contribution in [0.1, 0.15) is 39.7 Å². The quantitative estimate of drug-likeness (QED) is 0.522. The highest BCUT2D eigenvalue weighted by atomic mass is 35.5. The number of esters is 1. The van der Waals surface area contributed by atoms with Gasteiger partial charge in [-0.1, -0.05) is 47.5 Å². The molecule has 8 heteroatoms. The maximum absolute atomic E-state index is 12.8. The molecule has 0 aliphatic carbocycles.